The van der Waals surface area contributed by atoms with Crippen molar-refractivity contribution < 1.29 is 0 Å². The second kappa shape index (κ2) is 12.3. The molecule has 0 aliphatic rings. The Labute approximate surface area is 332 Å². The van der Waals surface area contributed by atoms with E-state index >= 15 is 0 Å². The molecule has 57 heavy (non-hydrogen) atoms. The monoisotopic (exact) mass is 746 g/mol. The molecule has 0 saturated heterocycles. The van der Waals surface area contributed by atoms with Crippen LogP contribution in [0.2, 0.25) is 0 Å². The summed E-state index contributed by atoms with van der Waals surface area (Å²) in [5.41, 5.74) is 5.43. The largest absolute Gasteiger partial charge is 0.276 e. The molecule has 4 nitrogen and oxygen atoms in total. The summed E-state index contributed by atoms with van der Waals surface area (Å²) in [4.78, 5) is 15.6. The number of benzene rings is 9. The third-order valence-electron chi connectivity index (χ3n) is 11.8. The average Bonchev–Trinajstić information content (AvgIpc) is 3.83. The third kappa shape index (κ3) is 4.70. The highest BCUT2D eigenvalue weighted by atomic mass is 32.1. The quantitative estimate of drug-likeness (QED) is 0.168. The third-order valence-corrected chi connectivity index (χ3v) is 13.0. The van der Waals surface area contributed by atoms with Gasteiger partial charge in [0.25, 0.3) is 0 Å². The van der Waals surface area contributed by atoms with E-state index in [0.717, 1.165) is 22.2 Å². The number of nitrogens with zero attached hydrogens (tertiary/aromatic N) is 4. The SMILES string of the molecule is CC(C)c1ccc2c(c1)c1ccccc1c1c3sc4c(ccc5c6ccccc6n(-c6nc(-c7ccccc7)nc(-c7ccccc7)n6)c54)c3c3ccccc3c21. The van der Waals surface area contributed by atoms with Crippen LogP contribution in [-0.2, 0) is 0 Å². The zero-order chi connectivity index (χ0) is 37.8. The number of aromatic nitrogens is 4. The van der Waals surface area contributed by atoms with Gasteiger partial charge in [0.15, 0.2) is 11.6 Å². The molecule has 0 bridgehead atoms. The van der Waals surface area contributed by atoms with Gasteiger partial charge in [0.05, 0.1) is 15.7 Å². The molecule has 268 valence electrons. The van der Waals surface area contributed by atoms with Crippen molar-refractivity contribution in [1.82, 2.24) is 19.5 Å². The van der Waals surface area contributed by atoms with Crippen molar-refractivity contribution in [1.29, 1.82) is 0 Å². The molecule has 9 aromatic carbocycles. The van der Waals surface area contributed by atoms with Gasteiger partial charge in [-0.25, -0.2) is 4.98 Å². The van der Waals surface area contributed by atoms with Crippen LogP contribution in [0.5, 0.6) is 0 Å². The van der Waals surface area contributed by atoms with Gasteiger partial charge in [0.2, 0.25) is 5.95 Å². The Balaban J connectivity index is 1.27. The van der Waals surface area contributed by atoms with Gasteiger partial charge in [-0.15, -0.1) is 11.3 Å². The van der Waals surface area contributed by atoms with Gasteiger partial charge in [-0.1, -0.05) is 172 Å². The van der Waals surface area contributed by atoms with E-state index in [1.807, 2.05) is 47.7 Å². The minimum atomic E-state index is 0.441. The van der Waals surface area contributed by atoms with Crippen LogP contribution in [0.1, 0.15) is 25.3 Å². The van der Waals surface area contributed by atoms with Crippen LogP contribution in [-0.4, -0.2) is 19.5 Å². The van der Waals surface area contributed by atoms with Crippen molar-refractivity contribution in [2.75, 3.05) is 0 Å². The predicted molar refractivity (Wildman–Crippen MR) is 242 cm³/mol. The highest BCUT2D eigenvalue weighted by Crippen LogP contribution is 2.51. The van der Waals surface area contributed by atoms with Crippen molar-refractivity contribution in [3.63, 3.8) is 0 Å². The Morgan fingerprint density at radius 2 is 0.947 bits per heavy atom. The fourth-order valence-electron chi connectivity index (χ4n) is 9.15. The fourth-order valence-corrected chi connectivity index (χ4v) is 10.6. The van der Waals surface area contributed by atoms with Crippen molar-refractivity contribution in [2.24, 2.45) is 0 Å². The van der Waals surface area contributed by atoms with E-state index in [1.165, 1.54) is 79.6 Å². The summed E-state index contributed by atoms with van der Waals surface area (Å²) in [5.74, 6) is 2.33. The molecule has 0 fully saturated rings. The van der Waals surface area contributed by atoms with Crippen molar-refractivity contribution in [3.8, 4) is 28.7 Å². The number of hydrogen-bond donors (Lipinski definition) is 0. The fraction of sp³-hybridized carbons (Fsp3) is 0.0577. The minimum absolute atomic E-state index is 0.441. The molecule has 0 aliphatic carbocycles. The van der Waals surface area contributed by atoms with Gasteiger partial charge in [0.1, 0.15) is 0 Å². The number of fused-ring (bicyclic) bond motifs is 17. The zero-order valence-corrected chi connectivity index (χ0v) is 32.2. The van der Waals surface area contributed by atoms with Gasteiger partial charge in [0, 0.05) is 42.8 Å². The number of rotatable bonds is 4. The van der Waals surface area contributed by atoms with Crippen LogP contribution in [0.15, 0.2) is 164 Å². The Morgan fingerprint density at radius 1 is 0.421 bits per heavy atom. The molecular formula is C52H34N4S. The smallest absolute Gasteiger partial charge is 0.238 e. The summed E-state index contributed by atoms with van der Waals surface area (Å²) in [5, 5.41) is 15.3. The van der Waals surface area contributed by atoms with E-state index in [9.17, 15) is 0 Å². The first kappa shape index (κ1) is 32.3. The van der Waals surface area contributed by atoms with E-state index in [-0.39, 0.29) is 0 Å². The number of para-hydroxylation sites is 1. The lowest BCUT2D eigenvalue weighted by molar-refractivity contribution is 0.869. The lowest BCUT2D eigenvalue weighted by Crippen LogP contribution is -2.06. The lowest BCUT2D eigenvalue weighted by atomic mass is 9.87. The zero-order valence-electron chi connectivity index (χ0n) is 31.4. The predicted octanol–water partition coefficient (Wildman–Crippen LogP) is 14.4. The second-order valence-corrected chi connectivity index (χ2v) is 16.3. The molecule has 3 aromatic heterocycles. The number of hydrogen-bond acceptors (Lipinski definition) is 4. The maximum atomic E-state index is 5.27. The highest BCUT2D eigenvalue weighted by Gasteiger charge is 2.24. The van der Waals surface area contributed by atoms with Crippen LogP contribution >= 0.6 is 11.3 Å². The first-order valence-electron chi connectivity index (χ1n) is 19.6. The summed E-state index contributed by atoms with van der Waals surface area (Å²) in [6, 6.07) is 58.9. The minimum Gasteiger partial charge on any atom is -0.276 e. The summed E-state index contributed by atoms with van der Waals surface area (Å²) in [7, 11) is 0. The van der Waals surface area contributed by atoms with Crippen LogP contribution in [0.3, 0.4) is 0 Å². The second-order valence-electron chi connectivity index (χ2n) is 15.3. The van der Waals surface area contributed by atoms with Gasteiger partial charge >= 0.3 is 0 Å². The molecule has 0 radical (unpaired) electrons. The van der Waals surface area contributed by atoms with E-state index in [4.69, 9.17) is 15.0 Å². The topological polar surface area (TPSA) is 43.6 Å². The van der Waals surface area contributed by atoms with Crippen LogP contribution in [0.25, 0.3) is 114 Å². The lowest BCUT2D eigenvalue weighted by Gasteiger charge is -2.16. The molecule has 0 spiro atoms. The van der Waals surface area contributed by atoms with Crippen LogP contribution in [0, 0.1) is 0 Å². The Bertz CT molecular complexity index is 3540. The molecule has 0 unspecified atom stereocenters. The van der Waals surface area contributed by atoms with E-state index in [1.54, 1.807) is 0 Å². The Hall–Kier alpha value is -6.95. The van der Waals surface area contributed by atoms with Gasteiger partial charge in [-0.2, -0.15) is 9.97 Å². The van der Waals surface area contributed by atoms with E-state index in [0.29, 0.717) is 23.5 Å². The first-order chi connectivity index (χ1) is 28.1. The van der Waals surface area contributed by atoms with E-state index in [2.05, 4.69) is 146 Å². The standard InChI is InChI=1S/C52H34N4S/c1-30(2)33-25-26-39-42(29-33)34-19-9-10-21-36(34)46-44(39)37-22-11-12-23-38(37)45-41-28-27-40-35-20-13-14-24-43(35)56(47(40)48(41)57-49(45)46)52-54-50(31-15-5-3-6-16-31)53-51(55-52)32-17-7-4-8-18-32/h3-30H,1-2H3. The summed E-state index contributed by atoms with van der Waals surface area (Å²) >= 11 is 1.90. The van der Waals surface area contributed by atoms with Crippen molar-refractivity contribution in [3.05, 3.63) is 169 Å². The molecule has 0 atom stereocenters. The van der Waals surface area contributed by atoms with Crippen LogP contribution in [0.4, 0.5) is 0 Å². The Kier molecular flexibility index (Phi) is 6.96. The maximum Gasteiger partial charge on any atom is 0.238 e. The normalized spacial score (nSPS) is 12.2. The molecule has 3 heterocycles. The summed E-state index contributed by atoms with van der Waals surface area (Å²) in [6.07, 6.45) is 0. The Morgan fingerprint density at radius 3 is 1.61 bits per heavy atom. The van der Waals surface area contributed by atoms with Crippen LogP contribution < -0.4 is 0 Å². The average molecular weight is 747 g/mol. The molecule has 5 heteroatoms. The van der Waals surface area contributed by atoms with Gasteiger partial charge in [-0.05, 0) is 55.3 Å². The molecule has 0 aliphatic heterocycles. The molecule has 12 rings (SSSR count). The van der Waals surface area contributed by atoms with Crippen molar-refractivity contribution in [2.45, 2.75) is 19.8 Å². The molecule has 0 N–H and O–H groups in total. The maximum absolute atomic E-state index is 5.27. The summed E-state index contributed by atoms with van der Waals surface area (Å²) in [6.45, 7) is 4.56. The van der Waals surface area contributed by atoms with Gasteiger partial charge < -0.3 is 0 Å². The highest BCUT2D eigenvalue weighted by molar-refractivity contribution is 7.28. The molecule has 12 aromatic rings. The molecule has 0 amide bonds. The number of thiophene rings is 1. The molecule has 0 saturated carbocycles. The summed E-state index contributed by atoms with van der Waals surface area (Å²) < 4.78 is 4.81. The molecular weight excluding hydrogens is 713 g/mol. The van der Waals surface area contributed by atoms with E-state index < -0.39 is 0 Å². The van der Waals surface area contributed by atoms with Crippen molar-refractivity contribution >= 4 is 96.4 Å². The van der Waals surface area contributed by atoms with Gasteiger partial charge in [-0.3, -0.25) is 4.57 Å². The first-order valence-corrected chi connectivity index (χ1v) is 20.4.